The third kappa shape index (κ3) is 2.66. The van der Waals surface area contributed by atoms with Crippen molar-refractivity contribution in [1.29, 1.82) is 0 Å². The van der Waals surface area contributed by atoms with Gasteiger partial charge in [0.1, 0.15) is 5.75 Å². The molecule has 1 heterocycles. The fraction of sp³-hybridized carbons (Fsp3) is 0.389. The molecule has 0 saturated carbocycles. The molecule has 0 spiro atoms. The summed E-state index contributed by atoms with van der Waals surface area (Å²) in [7, 11) is 0. The van der Waals surface area contributed by atoms with Gasteiger partial charge in [-0.2, -0.15) is 0 Å². The van der Waals surface area contributed by atoms with Gasteiger partial charge in [0.05, 0.1) is 5.56 Å². The smallest absolute Gasteiger partial charge is 0.154 e. The second-order valence-corrected chi connectivity index (χ2v) is 6.14. The summed E-state index contributed by atoms with van der Waals surface area (Å²) in [6, 6.07) is 10.1. The Morgan fingerprint density at radius 1 is 1.09 bits per heavy atom. The van der Waals surface area contributed by atoms with E-state index in [2.05, 4.69) is 29.7 Å². The lowest BCUT2D eigenvalue weighted by Crippen LogP contribution is -2.48. The number of phenols is 1. The number of hydrogen-bond donors (Lipinski definition) is 1. The molecule has 1 N–H and O–H groups in total. The second-order valence-electron chi connectivity index (χ2n) is 6.14. The van der Waals surface area contributed by atoms with Crippen molar-refractivity contribution in [2.75, 3.05) is 31.1 Å². The van der Waals surface area contributed by atoms with Crippen molar-refractivity contribution in [3.05, 3.63) is 35.9 Å². The van der Waals surface area contributed by atoms with E-state index in [4.69, 9.17) is 0 Å². The minimum atomic E-state index is 0.0424. The Balaban J connectivity index is 1.87. The largest absolute Gasteiger partial charge is 0.507 e. The molecule has 0 radical (unpaired) electrons. The molecule has 1 aliphatic rings. The Hall–Kier alpha value is -2.07. The van der Waals surface area contributed by atoms with Crippen LogP contribution in [-0.4, -0.2) is 48.5 Å². The number of phenolic OH excluding ortho intramolecular Hbond substituents is 1. The number of nitrogens with zero attached hydrogens (tertiary/aromatic N) is 2. The summed E-state index contributed by atoms with van der Waals surface area (Å²) in [4.78, 5) is 16.0. The molecule has 22 heavy (non-hydrogen) atoms. The van der Waals surface area contributed by atoms with E-state index in [1.54, 1.807) is 6.07 Å². The van der Waals surface area contributed by atoms with E-state index in [-0.39, 0.29) is 5.75 Å². The third-order valence-corrected chi connectivity index (χ3v) is 4.55. The van der Waals surface area contributed by atoms with Crippen LogP contribution in [0.1, 0.15) is 24.2 Å². The van der Waals surface area contributed by atoms with Crippen LogP contribution in [0.15, 0.2) is 30.3 Å². The Morgan fingerprint density at radius 2 is 1.82 bits per heavy atom. The predicted molar refractivity (Wildman–Crippen MR) is 89.9 cm³/mol. The number of piperazine rings is 1. The third-order valence-electron chi connectivity index (χ3n) is 4.55. The SMILES string of the molecule is CC(C)N1CCN(c2ccc3c(C=O)c(O)ccc3c2)CC1. The zero-order valence-electron chi connectivity index (χ0n) is 13.1. The molecule has 4 heteroatoms. The first-order chi connectivity index (χ1) is 10.6. The molecule has 0 amide bonds. The average molecular weight is 298 g/mol. The molecule has 2 aromatic carbocycles. The molecule has 0 aliphatic carbocycles. The van der Waals surface area contributed by atoms with Gasteiger partial charge in [-0.1, -0.05) is 12.1 Å². The highest BCUT2D eigenvalue weighted by molar-refractivity contribution is 6.01. The minimum Gasteiger partial charge on any atom is -0.507 e. The maximum Gasteiger partial charge on any atom is 0.154 e. The average Bonchev–Trinajstić information content (AvgIpc) is 2.54. The Labute approximate surface area is 131 Å². The van der Waals surface area contributed by atoms with Crippen LogP contribution in [0, 0.1) is 0 Å². The van der Waals surface area contributed by atoms with Crippen LogP contribution in [0.4, 0.5) is 5.69 Å². The number of hydrogen-bond acceptors (Lipinski definition) is 4. The monoisotopic (exact) mass is 298 g/mol. The van der Waals surface area contributed by atoms with Gasteiger partial charge in [0, 0.05) is 37.9 Å². The fourth-order valence-corrected chi connectivity index (χ4v) is 3.15. The molecule has 3 rings (SSSR count). The van der Waals surface area contributed by atoms with Crippen LogP contribution in [0.5, 0.6) is 5.75 Å². The van der Waals surface area contributed by atoms with Crippen molar-refractivity contribution in [2.24, 2.45) is 0 Å². The molecule has 4 nitrogen and oxygen atoms in total. The van der Waals surface area contributed by atoms with Crippen molar-refractivity contribution < 1.29 is 9.90 Å². The molecule has 1 saturated heterocycles. The van der Waals surface area contributed by atoms with Gasteiger partial charge in [-0.15, -0.1) is 0 Å². The highest BCUT2D eigenvalue weighted by Gasteiger charge is 2.19. The van der Waals surface area contributed by atoms with E-state index < -0.39 is 0 Å². The molecule has 1 aliphatic heterocycles. The number of benzene rings is 2. The summed E-state index contributed by atoms with van der Waals surface area (Å²) >= 11 is 0. The van der Waals surface area contributed by atoms with Gasteiger partial charge in [0.2, 0.25) is 0 Å². The van der Waals surface area contributed by atoms with Crippen molar-refractivity contribution in [3.63, 3.8) is 0 Å². The summed E-state index contributed by atoms with van der Waals surface area (Å²) in [6.07, 6.45) is 0.721. The van der Waals surface area contributed by atoms with Crippen molar-refractivity contribution in [1.82, 2.24) is 4.90 Å². The van der Waals surface area contributed by atoms with Gasteiger partial charge in [0.15, 0.2) is 6.29 Å². The first-order valence-electron chi connectivity index (χ1n) is 7.80. The summed E-state index contributed by atoms with van der Waals surface area (Å²) in [5.41, 5.74) is 1.55. The zero-order chi connectivity index (χ0) is 15.7. The first kappa shape index (κ1) is 14.9. The number of rotatable bonds is 3. The van der Waals surface area contributed by atoms with Crippen LogP contribution in [0.2, 0.25) is 0 Å². The second kappa shape index (κ2) is 5.97. The Morgan fingerprint density at radius 3 is 2.45 bits per heavy atom. The van der Waals surface area contributed by atoms with E-state index in [9.17, 15) is 9.90 Å². The number of aromatic hydroxyl groups is 1. The molecule has 0 atom stereocenters. The van der Waals surface area contributed by atoms with Crippen LogP contribution in [0.25, 0.3) is 10.8 Å². The molecule has 116 valence electrons. The van der Waals surface area contributed by atoms with Crippen molar-refractivity contribution in [3.8, 4) is 5.75 Å². The zero-order valence-corrected chi connectivity index (χ0v) is 13.1. The standard InChI is InChI=1S/C18H22N2O2/c1-13(2)19-7-9-20(10-8-19)15-4-5-16-14(11-15)3-6-18(22)17(16)12-21/h3-6,11-13,22H,7-10H2,1-2H3. The van der Waals surface area contributed by atoms with E-state index in [1.165, 1.54) is 5.69 Å². The molecule has 0 aromatic heterocycles. The van der Waals surface area contributed by atoms with Crippen LogP contribution in [0.3, 0.4) is 0 Å². The molecule has 0 unspecified atom stereocenters. The highest BCUT2D eigenvalue weighted by Crippen LogP contribution is 2.29. The molecular weight excluding hydrogens is 276 g/mol. The first-order valence-corrected chi connectivity index (χ1v) is 7.80. The van der Waals surface area contributed by atoms with Gasteiger partial charge in [-0.25, -0.2) is 0 Å². The van der Waals surface area contributed by atoms with Crippen LogP contribution in [-0.2, 0) is 0 Å². The predicted octanol–water partition coefficient (Wildman–Crippen LogP) is 2.89. The molecule has 0 bridgehead atoms. The Kier molecular flexibility index (Phi) is 4.03. The van der Waals surface area contributed by atoms with Gasteiger partial charge in [-0.3, -0.25) is 9.69 Å². The lowest BCUT2D eigenvalue weighted by atomic mass is 10.0. The summed E-state index contributed by atoms with van der Waals surface area (Å²) in [5, 5.41) is 11.6. The van der Waals surface area contributed by atoms with Crippen LogP contribution < -0.4 is 4.90 Å². The topological polar surface area (TPSA) is 43.8 Å². The lowest BCUT2D eigenvalue weighted by molar-refractivity contribution is 0.112. The summed E-state index contributed by atoms with van der Waals surface area (Å²) in [6.45, 7) is 8.65. The molecular formula is C18H22N2O2. The van der Waals surface area contributed by atoms with Gasteiger partial charge < -0.3 is 10.0 Å². The number of carbonyl (C=O) groups excluding carboxylic acids is 1. The quantitative estimate of drug-likeness (QED) is 0.885. The molecule has 1 fully saturated rings. The van der Waals surface area contributed by atoms with E-state index in [0.29, 0.717) is 11.6 Å². The van der Waals surface area contributed by atoms with Gasteiger partial charge in [0.25, 0.3) is 0 Å². The number of carbonyl (C=O) groups is 1. The van der Waals surface area contributed by atoms with E-state index in [0.717, 1.165) is 43.2 Å². The van der Waals surface area contributed by atoms with Gasteiger partial charge in [-0.05, 0) is 42.8 Å². The maximum absolute atomic E-state index is 11.2. The number of anilines is 1. The highest BCUT2D eigenvalue weighted by atomic mass is 16.3. The molecule has 2 aromatic rings. The van der Waals surface area contributed by atoms with Crippen molar-refractivity contribution in [2.45, 2.75) is 19.9 Å². The Bertz CT molecular complexity index is 689. The lowest BCUT2D eigenvalue weighted by Gasteiger charge is -2.38. The maximum atomic E-state index is 11.2. The summed E-state index contributed by atoms with van der Waals surface area (Å²) in [5.74, 6) is 0.0424. The van der Waals surface area contributed by atoms with Crippen LogP contribution >= 0.6 is 0 Å². The fourth-order valence-electron chi connectivity index (χ4n) is 3.15. The van der Waals surface area contributed by atoms with E-state index >= 15 is 0 Å². The van der Waals surface area contributed by atoms with Gasteiger partial charge >= 0.3 is 0 Å². The minimum absolute atomic E-state index is 0.0424. The van der Waals surface area contributed by atoms with E-state index in [1.807, 2.05) is 18.2 Å². The number of aldehydes is 1. The number of fused-ring (bicyclic) bond motifs is 1. The summed E-state index contributed by atoms with van der Waals surface area (Å²) < 4.78 is 0. The van der Waals surface area contributed by atoms with Crippen molar-refractivity contribution >= 4 is 22.7 Å². The normalized spacial score (nSPS) is 16.4.